The Morgan fingerprint density at radius 3 is 2.58 bits per heavy atom. The molecule has 0 bridgehead atoms. The van der Waals surface area contributed by atoms with E-state index in [1.165, 1.54) is 6.08 Å². The van der Waals surface area contributed by atoms with Gasteiger partial charge in [-0.1, -0.05) is 36.4 Å². The Kier molecular flexibility index (Phi) is 6.57. The van der Waals surface area contributed by atoms with Gasteiger partial charge in [0.25, 0.3) is 11.8 Å². The molecule has 5 nitrogen and oxygen atoms in total. The first-order chi connectivity index (χ1) is 11.5. The number of carbonyl (C=O) groups is 2. The fourth-order valence-electron chi connectivity index (χ4n) is 1.81. The van der Waals surface area contributed by atoms with Crippen molar-refractivity contribution in [2.24, 2.45) is 0 Å². The molecule has 6 heteroatoms. The van der Waals surface area contributed by atoms with E-state index in [2.05, 4.69) is 26.8 Å². The number of halogens is 1. The summed E-state index contributed by atoms with van der Waals surface area (Å²) in [6.45, 7) is 1.75. The molecule has 0 aliphatic heterocycles. The smallest absolute Gasteiger partial charge is 0.276 e. The van der Waals surface area contributed by atoms with Crippen LogP contribution in [0.4, 0.5) is 0 Å². The first kappa shape index (κ1) is 17.7. The highest BCUT2D eigenvalue weighted by molar-refractivity contribution is 9.10. The van der Waals surface area contributed by atoms with Gasteiger partial charge in [0, 0.05) is 6.08 Å². The predicted octanol–water partition coefficient (Wildman–Crippen LogP) is 3.00. The second-order valence-corrected chi connectivity index (χ2v) is 5.86. The van der Waals surface area contributed by atoms with E-state index in [1.54, 1.807) is 12.1 Å². The molecule has 0 aromatic heterocycles. The van der Waals surface area contributed by atoms with Gasteiger partial charge in [-0.15, -0.1) is 0 Å². The standard InChI is InChI=1S/C18H17BrN2O3/c1-13-7-9-16(15(19)11-13)24-12-18(23)21-20-17(22)10-8-14-5-3-2-4-6-14/h2-11H,12H2,1H3,(H,20,22)(H,21,23). The summed E-state index contributed by atoms with van der Waals surface area (Å²) in [5.41, 5.74) is 6.56. The monoisotopic (exact) mass is 388 g/mol. The van der Waals surface area contributed by atoms with Gasteiger partial charge in [-0.2, -0.15) is 0 Å². The first-order valence-corrected chi connectivity index (χ1v) is 8.05. The van der Waals surface area contributed by atoms with Gasteiger partial charge in [0.05, 0.1) is 4.47 Å². The maximum absolute atomic E-state index is 11.7. The molecule has 0 saturated carbocycles. The summed E-state index contributed by atoms with van der Waals surface area (Å²) < 4.78 is 6.16. The average Bonchev–Trinajstić information content (AvgIpc) is 2.58. The minimum atomic E-state index is -0.455. The SMILES string of the molecule is Cc1ccc(OCC(=O)NNC(=O)C=Cc2ccccc2)c(Br)c1. The number of aryl methyl sites for hydroxylation is 1. The summed E-state index contributed by atoms with van der Waals surface area (Å²) in [6, 6.07) is 14.9. The van der Waals surface area contributed by atoms with Gasteiger partial charge in [-0.25, -0.2) is 0 Å². The van der Waals surface area contributed by atoms with E-state index in [4.69, 9.17) is 4.74 Å². The van der Waals surface area contributed by atoms with Crippen LogP contribution in [0.2, 0.25) is 0 Å². The van der Waals surface area contributed by atoms with E-state index in [9.17, 15) is 9.59 Å². The molecule has 24 heavy (non-hydrogen) atoms. The molecule has 2 amide bonds. The number of hydrazine groups is 1. The van der Waals surface area contributed by atoms with Gasteiger partial charge < -0.3 is 4.74 Å². The van der Waals surface area contributed by atoms with Crippen molar-refractivity contribution in [3.8, 4) is 5.75 Å². The van der Waals surface area contributed by atoms with Crippen molar-refractivity contribution in [2.75, 3.05) is 6.61 Å². The Morgan fingerprint density at radius 1 is 1.12 bits per heavy atom. The van der Waals surface area contributed by atoms with Crippen molar-refractivity contribution in [2.45, 2.75) is 6.92 Å². The first-order valence-electron chi connectivity index (χ1n) is 7.25. The fourth-order valence-corrected chi connectivity index (χ4v) is 2.42. The van der Waals surface area contributed by atoms with Crippen molar-refractivity contribution in [3.05, 3.63) is 70.2 Å². The fraction of sp³-hybridized carbons (Fsp3) is 0.111. The molecule has 0 saturated heterocycles. The summed E-state index contributed by atoms with van der Waals surface area (Å²) in [5.74, 6) is -0.321. The van der Waals surface area contributed by atoms with Crippen LogP contribution in [0.25, 0.3) is 6.08 Å². The molecular formula is C18H17BrN2O3. The number of carbonyl (C=O) groups excluding carboxylic acids is 2. The average molecular weight is 389 g/mol. The minimum Gasteiger partial charge on any atom is -0.483 e. The number of benzene rings is 2. The molecular weight excluding hydrogens is 372 g/mol. The molecule has 0 fully saturated rings. The van der Waals surface area contributed by atoms with Crippen LogP contribution in [0.3, 0.4) is 0 Å². The zero-order valence-corrected chi connectivity index (χ0v) is 14.7. The highest BCUT2D eigenvalue weighted by Gasteiger charge is 2.06. The van der Waals surface area contributed by atoms with Gasteiger partial charge in [-0.3, -0.25) is 20.4 Å². The van der Waals surface area contributed by atoms with Crippen molar-refractivity contribution in [1.82, 2.24) is 10.9 Å². The van der Waals surface area contributed by atoms with Crippen LogP contribution in [0.1, 0.15) is 11.1 Å². The predicted molar refractivity (Wildman–Crippen MR) is 96.1 cm³/mol. The highest BCUT2D eigenvalue weighted by Crippen LogP contribution is 2.25. The molecule has 2 aromatic rings. The van der Waals surface area contributed by atoms with E-state index in [-0.39, 0.29) is 6.61 Å². The van der Waals surface area contributed by atoms with Crippen LogP contribution >= 0.6 is 15.9 Å². The minimum absolute atomic E-state index is 0.204. The Balaban J connectivity index is 1.74. The molecule has 2 N–H and O–H groups in total. The van der Waals surface area contributed by atoms with Crippen LogP contribution in [-0.2, 0) is 9.59 Å². The second kappa shape index (κ2) is 8.88. The van der Waals surface area contributed by atoms with Crippen molar-refractivity contribution in [3.63, 3.8) is 0 Å². The number of rotatable bonds is 5. The third kappa shape index (κ3) is 5.89. The highest BCUT2D eigenvalue weighted by atomic mass is 79.9. The lowest BCUT2D eigenvalue weighted by Crippen LogP contribution is -2.43. The van der Waals surface area contributed by atoms with Gasteiger partial charge >= 0.3 is 0 Å². The maximum atomic E-state index is 11.7. The summed E-state index contributed by atoms with van der Waals surface area (Å²) in [5, 5.41) is 0. The molecule has 0 aliphatic carbocycles. The van der Waals surface area contributed by atoms with E-state index in [0.29, 0.717) is 5.75 Å². The van der Waals surface area contributed by atoms with Crippen LogP contribution in [0.5, 0.6) is 5.75 Å². The van der Waals surface area contributed by atoms with Gasteiger partial charge in [0.1, 0.15) is 5.75 Å². The van der Waals surface area contributed by atoms with Crippen molar-refractivity contribution >= 4 is 33.8 Å². The van der Waals surface area contributed by atoms with Crippen LogP contribution in [-0.4, -0.2) is 18.4 Å². The second-order valence-electron chi connectivity index (χ2n) is 5.00. The molecule has 0 atom stereocenters. The molecule has 2 rings (SSSR count). The summed E-state index contributed by atoms with van der Waals surface area (Å²) in [7, 11) is 0. The van der Waals surface area contributed by atoms with Gasteiger partial charge in [0.15, 0.2) is 6.61 Å². The van der Waals surface area contributed by atoms with E-state index in [1.807, 2.05) is 49.4 Å². The molecule has 0 heterocycles. The van der Waals surface area contributed by atoms with Crippen molar-refractivity contribution in [1.29, 1.82) is 0 Å². The van der Waals surface area contributed by atoms with Gasteiger partial charge in [-0.05, 0) is 52.2 Å². The van der Waals surface area contributed by atoms with Gasteiger partial charge in [0.2, 0.25) is 0 Å². The number of hydrogen-bond donors (Lipinski definition) is 2. The summed E-state index contributed by atoms with van der Waals surface area (Å²) in [4.78, 5) is 23.3. The molecule has 2 aromatic carbocycles. The maximum Gasteiger partial charge on any atom is 0.276 e. The summed E-state index contributed by atoms with van der Waals surface area (Å²) >= 11 is 3.37. The summed E-state index contributed by atoms with van der Waals surface area (Å²) in [6.07, 6.45) is 2.99. The van der Waals surface area contributed by atoms with Crippen LogP contribution in [0.15, 0.2) is 59.1 Å². The Hall–Kier alpha value is -2.60. The van der Waals surface area contributed by atoms with Crippen molar-refractivity contribution < 1.29 is 14.3 Å². The molecule has 124 valence electrons. The van der Waals surface area contributed by atoms with E-state index < -0.39 is 11.8 Å². The molecule has 0 aliphatic rings. The largest absolute Gasteiger partial charge is 0.483 e. The Bertz CT molecular complexity index is 745. The molecule has 0 spiro atoms. The third-order valence-corrected chi connectivity index (χ3v) is 3.62. The lowest BCUT2D eigenvalue weighted by Gasteiger charge is -2.09. The zero-order chi connectivity index (χ0) is 17.4. The zero-order valence-electron chi connectivity index (χ0n) is 13.1. The van der Waals surface area contributed by atoms with E-state index in [0.717, 1.165) is 15.6 Å². The Morgan fingerprint density at radius 2 is 1.88 bits per heavy atom. The normalized spacial score (nSPS) is 10.4. The van der Waals surface area contributed by atoms with Crippen LogP contribution < -0.4 is 15.6 Å². The lowest BCUT2D eigenvalue weighted by molar-refractivity contribution is -0.128. The number of amides is 2. The Labute approximate surface area is 148 Å². The number of hydrogen-bond acceptors (Lipinski definition) is 3. The molecule has 0 radical (unpaired) electrons. The van der Waals surface area contributed by atoms with Crippen LogP contribution in [0, 0.1) is 6.92 Å². The number of nitrogens with one attached hydrogen (secondary N) is 2. The quantitative estimate of drug-likeness (QED) is 0.610. The van der Waals surface area contributed by atoms with E-state index >= 15 is 0 Å². The molecule has 0 unspecified atom stereocenters. The lowest BCUT2D eigenvalue weighted by atomic mass is 10.2. The topological polar surface area (TPSA) is 67.4 Å². The third-order valence-electron chi connectivity index (χ3n) is 3.00. The number of ether oxygens (including phenoxy) is 1.